The molecule has 0 spiro atoms. The van der Waals surface area contributed by atoms with Gasteiger partial charge in [0.05, 0.1) is 26.4 Å². The number of nitrogens with zero attached hydrogens (tertiary/aromatic N) is 1. The maximum absolute atomic E-state index is 12.7. The van der Waals surface area contributed by atoms with Gasteiger partial charge >= 0.3 is 0 Å². The van der Waals surface area contributed by atoms with Crippen molar-refractivity contribution in [3.05, 3.63) is 47.0 Å². The molecule has 0 aliphatic heterocycles. The number of carbonyl (C=O) groups is 2. The molecule has 1 fully saturated rings. The van der Waals surface area contributed by atoms with Gasteiger partial charge < -0.3 is 28.4 Å². The fourth-order valence-electron chi connectivity index (χ4n) is 4.18. The Hall–Kier alpha value is -2.97. The van der Waals surface area contributed by atoms with Crippen LogP contribution in [-0.2, 0) is 29.0 Å². The summed E-state index contributed by atoms with van der Waals surface area (Å²) < 4.78 is 53.0. The fraction of sp³-hybridized carbons (Fsp3) is 0.480. The number of ether oxygens (including phenoxy) is 3. The van der Waals surface area contributed by atoms with E-state index in [9.17, 15) is 18.0 Å². The first kappa shape index (κ1) is 29.0. The van der Waals surface area contributed by atoms with Crippen molar-refractivity contribution in [2.75, 3.05) is 40.1 Å². The van der Waals surface area contributed by atoms with E-state index in [1.54, 1.807) is 25.3 Å². The number of benzene rings is 1. The van der Waals surface area contributed by atoms with Crippen LogP contribution in [0.4, 0.5) is 0 Å². The van der Waals surface area contributed by atoms with Gasteiger partial charge in [-0.05, 0) is 56.0 Å². The summed E-state index contributed by atoms with van der Waals surface area (Å²) in [4.78, 5) is 29.2. The highest BCUT2D eigenvalue weighted by atomic mass is 35.5. The Kier molecular flexibility index (Phi) is 9.97. The summed E-state index contributed by atoms with van der Waals surface area (Å²) >= 11 is 6.03. The van der Waals surface area contributed by atoms with E-state index in [4.69, 9.17) is 34.6 Å². The van der Waals surface area contributed by atoms with Gasteiger partial charge in [-0.3, -0.25) is 9.59 Å². The van der Waals surface area contributed by atoms with Crippen molar-refractivity contribution in [2.45, 2.75) is 42.7 Å². The number of nitrogens with one attached hydrogen (secondary N) is 2. The molecule has 4 rings (SSSR count). The highest BCUT2D eigenvalue weighted by molar-refractivity contribution is 7.89. The number of carbonyl (C=O) groups excluding carboxylic acids is 2. The Morgan fingerprint density at radius 1 is 1.03 bits per heavy atom. The van der Waals surface area contributed by atoms with Crippen molar-refractivity contribution >= 4 is 44.5 Å². The Morgan fingerprint density at radius 3 is 2.54 bits per heavy atom. The van der Waals surface area contributed by atoms with E-state index in [0.717, 1.165) is 18.9 Å². The third kappa shape index (κ3) is 8.02. The van der Waals surface area contributed by atoms with E-state index in [2.05, 4.69) is 10.3 Å². The lowest BCUT2D eigenvalue weighted by atomic mass is 9.86. The minimum atomic E-state index is -4.31. The van der Waals surface area contributed by atoms with Crippen LogP contribution in [0.2, 0.25) is 5.02 Å². The van der Waals surface area contributed by atoms with Crippen molar-refractivity contribution in [1.82, 2.24) is 15.0 Å². The van der Waals surface area contributed by atoms with Crippen molar-refractivity contribution < 1.29 is 41.1 Å². The fourth-order valence-corrected chi connectivity index (χ4v) is 5.25. The molecule has 2 heterocycles. The van der Waals surface area contributed by atoms with E-state index in [1.165, 1.54) is 6.07 Å². The summed E-state index contributed by atoms with van der Waals surface area (Å²) in [6.45, 7) is 0.662. The van der Waals surface area contributed by atoms with Crippen LogP contribution in [0.5, 0.6) is 0 Å². The molecule has 2 N–H and O–H groups in total. The monoisotopic (exact) mass is 583 g/mol. The topological polar surface area (TPSA) is 159 Å². The molecular weight excluding hydrogens is 554 g/mol. The van der Waals surface area contributed by atoms with Crippen molar-refractivity contribution in [3.8, 4) is 0 Å². The molecule has 1 aliphatic rings. The van der Waals surface area contributed by atoms with E-state index in [-0.39, 0.29) is 30.9 Å². The van der Waals surface area contributed by atoms with Gasteiger partial charge in [0, 0.05) is 24.1 Å². The number of methoxy groups -OCH3 is 1. The molecule has 0 radical (unpaired) electrons. The molecule has 2 amide bonds. The number of hydrogen-bond donors (Lipinski definition) is 2. The second-order valence-corrected chi connectivity index (χ2v) is 11.0. The maximum Gasteiger partial charge on any atom is 0.297 e. The number of aromatic nitrogens is 1. The van der Waals surface area contributed by atoms with E-state index < -0.39 is 33.5 Å². The molecule has 3 aromatic rings. The minimum Gasteiger partial charge on any atom is -0.440 e. The summed E-state index contributed by atoms with van der Waals surface area (Å²) in [6, 6.07) is 7.55. The van der Waals surface area contributed by atoms with Gasteiger partial charge in [0.15, 0.2) is 17.2 Å². The number of furan rings is 1. The number of amides is 2. The molecule has 1 aliphatic carbocycles. The number of fused-ring (bicyclic) bond motifs is 1. The summed E-state index contributed by atoms with van der Waals surface area (Å²) in [5.74, 6) is -0.820. The Balaban J connectivity index is 1.22. The lowest BCUT2D eigenvalue weighted by Gasteiger charge is -2.27. The molecule has 0 unspecified atom stereocenters. The van der Waals surface area contributed by atoms with Gasteiger partial charge in [0.1, 0.15) is 12.1 Å². The average molecular weight is 584 g/mol. The van der Waals surface area contributed by atoms with Crippen LogP contribution < -0.4 is 10.0 Å². The Bertz CT molecular complexity index is 1380. The zero-order chi connectivity index (χ0) is 27.8. The van der Waals surface area contributed by atoms with Crippen LogP contribution >= 0.6 is 11.6 Å². The normalized spacial score (nSPS) is 17.8. The van der Waals surface area contributed by atoms with Crippen LogP contribution in [0, 0.1) is 0 Å². The first-order valence-corrected chi connectivity index (χ1v) is 14.3. The number of oxazole rings is 1. The highest BCUT2D eigenvalue weighted by Gasteiger charge is 2.29. The molecule has 14 heteroatoms. The number of hydrogen-bond acceptors (Lipinski definition) is 10. The smallest absolute Gasteiger partial charge is 0.297 e. The highest BCUT2D eigenvalue weighted by Crippen LogP contribution is 2.34. The molecule has 212 valence electrons. The van der Waals surface area contributed by atoms with Gasteiger partial charge in [-0.15, -0.1) is 0 Å². The zero-order valence-electron chi connectivity index (χ0n) is 21.3. The largest absolute Gasteiger partial charge is 0.440 e. The van der Waals surface area contributed by atoms with Gasteiger partial charge in [0.2, 0.25) is 5.09 Å². The molecule has 0 atom stereocenters. The predicted molar refractivity (Wildman–Crippen MR) is 139 cm³/mol. The van der Waals surface area contributed by atoms with Gasteiger partial charge in [-0.1, -0.05) is 11.6 Å². The SMILES string of the molecule is COCCOCCOCC(=O)NS(=O)(=O)c1ccc(C(=O)NC2CCC(c3nc4cc(Cl)ccc4o3)CC2)o1. The van der Waals surface area contributed by atoms with Gasteiger partial charge in [-0.2, -0.15) is 8.42 Å². The third-order valence-corrected chi connectivity index (χ3v) is 7.61. The maximum atomic E-state index is 12.7. The average Bonchev–Trinajstić information content (AvgIpc) is 3.56. The standard InChI is InChI=1S/C25H30ClN3O9S/c1-34-10-11-35-12-13-36-15-22(30)29-39(32,33)23-9-8-21(37-23)24(31)27-18-5-2-16(3-6-18)25-28-19-14-17(26)4-7-20(19)38-25/h4,7-9,14,16,18H,2-3,5-6,10-13,15H2,1H3,(H,27,31)(H,29,30). The zero-order valence-corrected chi connectivity index (χ0v) is 22.9. The second-order valence-electron chi connectivity index (χ2n) is 8.99. The van der Waals surface area contributed by atoms with Crippen molar-refractivity contribution in [2.24, 2.45) is 0 Å². The molecule has 0 bridgehead atoms. The van der Waals surface area contributed by atoms with Gasteiger partial charge in [-0.25, -0.2) is 9.71 Å². The van der Waals surface area contributed by atoms with Crippen LogP contribution in [0.25, 0.3) is 11.1 Å². The molecule has 1 aromatic carbocycles. The van der Waals surface area contributed by atoms with E-state index in [1.807, 2.05) is 4.72 Å². The summed E-state index contributed by atoms with van der Waals surface area (Å²) in [7, 11) is -2.76. The quantitative estimate of drug-likeness (QED) is 0.286. The van der Waals surface area contributed by atoms with Crippen LogP contribution in [0.1, 0.15) is 48.0 Å². The third-order valence-electron chi connectivity index (χ3n) is 6.13. The van der Waals surface area contributed by atoms with Gasteiger partial charge in [0.25, 0.3) is 21.8 Å². The molecular formula is C25H30ClN3O9S. The predicted octanol–water partition coefficient (Wildman–Crippen LogP) is 3.01. The lowest BCUT2D eigenvalue weighted by molar-refractivity contribution is -0.124. The first-order chi connectivity index (χ1) is 18.7. The summed E-state index contributed by atoms with van der Waals surface area (Å²) in [5, 5.41) is 2.92. The Morgan fingerprint density at radius 2 is 1.77 bits per heavy atom. The van der Waals surface area contributed by atoms with Crippen LogP contribution in [-0.4, -0.2) is 71.4 Å². The summed E-state index contributed by atoms with van der Waals surface area (Å²) in [6.07, 6.45) is 2.90. The van der Waals surface area contributed by atoms with Crippen LogP contribution in [0.3, 0.4) is 0 Å². The number of sulfonamides is 1. The van der Waals surface area contributed by atoms with E-state index >= 15 is 0 Å². The summed E-state index contributed by atoms with van der Waals surface area (Å²) in [5.41, 5.74) is 1.39. The molecule has 12 nitrogen and oxygen atoms in total. The lowest BCUT2D eigenvalue weighted by Crippen LogP contribution is -2.37. The number of rotatable bonds is 13. The van der Waals surface area contributed by atoms with Crippen LogP contribution in [0.15, 0.2) is 44.3 Å². The second kappa shape index (κ2) is 13.4. The molecule has 39 heavy (non-hydrogen) atoms. The first-order valence-electron chi connectivity index (χ1n) is 12.4. The molecule has 1 saturated carbocycles. The molecule has 0 saturated heterocycles. The molecule has 2 aromatic heterocycles. The Labute approximate surface area is 230 Å². The number of halogens is 1. The van der Waals surface area contributed by atoms with Crippen molar-refractivity contribution in [1.29, 1.82) is 0 Å². The van der Waals surface area contributed by atoms with Crippen molar-refractivity contribution in [3.63, 3.8) is 0 Å². The minimum absolute atomic E-state index is 0.105. The van der Waals surface area contributed by atoms with E-state index in [0.29, 0.717) is 48.1 Å².